The molecule has 32 heavy (non-hydrogen) atoms. The summed E-state index contributed by atoms with van der Waals surface area (Å²) in [6, 6.07) is 17.8. The van der Waals surface area contributed by atoms with Gasteiger partial charge in [0.15, 0.2) is 0 Å². The van der Waals surface area contributed by atoms with Gasteiger partial charge in [-0.05, 0) is 36.3 Å². The quantitative estimate of drug-likeness (QED) is 0.481. The second-order valence-electron chi connectivity index (χ2n) is 10.2. The van der Waals surface area contributed by atoms with Crippen LogP contribution in [-0.2, 0) is 10.8 Å². The van der Waals surface area contributed by atoms with E-state index in [0.29, 0.717) is 6.04 Å². The lowest BCUT2D eigenvalue weighted by molar-refractivity contribution is 0.488. The number of hydrogen-bond donors (Lipinski definition) is 0. The van der Waals surface area contributed by atoms with Crippen LogP contribution >= 0.6 is 0 Å². The average Bonchev–Trinajstić information content (AvgIpc) is 3.08. The Morgan fingerprint density at radius 1 is 0.844 bits per heavy atom. The fourth-order valence-corrected chi connectivity index (χ4v) is 5.45. The average molecular weight is 425 g/mol. The molecule has 0 radical (unpaired) electrons. The van der Waals surface area contributed by atoms with Crippen LogP contribution in [0.3, 0.4) is 0 Å². The van der Waals surface area contributed by atoms with E-state index in [4.69, 9.17) is 0 Å². The molecule has 2 heterocycles. The normalized spacial score (nSPS) is 22.9. The van der Waals surface area contributed by atoms with Crippen LogP contribution in [0.5, 0.6) is 0 Å². The Labute approximate surface area is 194 Å². The SMILES string of the molecule is CC(=C/C=C/C1N(C)c2ccccc2C1(C)C)/C=C/C=C1\N(C)c2ccccc2C1(C)C. The van der Waals surface area contributed by atoms with Gasteiger partial charge in [0.1, 0.15) is 0 Å². The molecule has 2 aromatic rings. The molecule has 0 saturated carbocycles. The first kappa shape index (κ1) is 22.2. The van der Waals surface area contributed by atoms with Crippen molar-refractivity contribution in [3.05, 3.63) is 107 Å². The molecule has 0 fully saturated rings. The summed E-state index contributed by atoms with van der Waals surface area (Å²) in [5.41, 5.74) is 8.13. The van der Waals surface area contributed by atoms with E-state index in [1.165, 1.54) is 33.8 Å². The van der Waals surface area contributed by atoms with Gasteiger partial charge in [0.05, 0.1) is 6.04 Å². The number of benzene rings is 2. The number of para-hydroxylation sites is 2. The molecular weight excluding hydrogens is 388 g/mol. The molecular formula is C30H36N2. The molecule has 4 rings (SSSR count). The topological polar surface area (TPSA) is 6.48 Å². The van der Waals surface area contributed by atoms with Crippen molar-refractivity contribution >= 4 is 11.4 Å². The monoisotopic (exact) mass is 424 g/mol. The maximum absolute atomic E-state index is 2.39. The molecule has 0 aliphatic carbocycles. The Balaban J connectivity index is 1.48. The Morgan fingerprint density at radius 3 is 2.12 bits per heavy atom. The minimum absolute atomic E-state index is 0.0147. The summed E-state index contributed by atoms with van der Waals surface area (Å²) >= 11 is 0. The van der Waals surface area contributed by atoms with Gasteiger partial charge in [-0.15, -0.1) is 0 Å². The predicted molar refractivity (Wildman–Crippen MR) is 140 cm³/mol. The number of allylic oxidation sites excluding steroid dienone is 7. The number of rotatable bonds is 4. The summed E-state index contributed by atoms with van der Waals surface area (Å²) in [7, 11) is 4.36. The zero-order chi connectivity index (χ0) is 23.1. The molecule has 0 N–H and O–H groups in total. The molecule has 0 bridgehead atoms. The lowest BCUT2D eigenvalue weighted by Crippen LogP contribution is -2.37. The first-order chi connectivity index (χ1) is 15.2. The van der Waals surface area contributed by atoms with E-state index in [-0.39, 0.29) is 10.8 Å². The number of likely N-dealkylation sites (N-methyl/N-ethyl adjacent to an activating group) is 2. The van der Waals surface area contributed by atoms with E-state index < -0.39 is 0 Å². The fourth-order valence-electron chi connectivity index (χ4n) is 5.45. The highest BCUT2D eigenvalue weighted by Crippen LogP contribution is 2.47. The van der Waals surface area contributed by atoms with Gasteiger partial charge in [-0.2, -0.15) is 0 Å². The highest BCUT2D eigenvalue weighted by Gasteiger charge is 2.41. The highest BCUT2D eigenvalue weighted by molar-refractivity contribution is 5.70. The van der Waals surface area contributed by atoms with E-state index in [9.17, 15) is 0 Å². The lowest BCUT2D eigenvalue weighted by Gasteiger charge is -2.29. The standard InChI is InChI=1S/C30H36N2/c1-22(14-12-20-27-29(2,3)23-16-8-10-18-25(23)31(27)6)15-13-21-28-30(4,5)24-17-9-11-19-26(24)32(28)7/h8-21,27H,1-7H3/b15-13+,20-12+,22-14-,28-21-. The van der Waals surface area contributed by atoms with Crippen LogP contribution in [0, 0.1) is 0 Å². The smallest absolute Gasteiger partial charge is 0.0565 e. The third-order valence-electron chi connectivity index (χ3n) is 7.34. The molecule has 0 aromatic heterocycles. The van der Waals surface area contributed by atoms with Crippen molar-refractivity contribution in [1.82, 2.24) is 0 Å². The molecule has 2 heteroatoms. The van der Waals surface area contributed by atoms with Gasteiger partial charge < -0.3 is 9.80 Å². The first-order valence-corrected chi connectivity index (χ1v) is 11.5. The van der Waals surface area contributed by atoms with Crippen LogP contribution in [0.25, 0.3) is 0 Å². The van der Waals surface area contributed by atoms with E-state index in [2.05, 4.69) is 144 Å². The first-order valence-electron chi connectivity index (χ1n) is 11.5. The zero-order valence-electron chi connectivity index (χ0n) is 20.6. The number of hydrogen-bond acceptors (Lipinski definition) is 2. The van der Waals surface area contributed by atoms with E-state index >= 15 is 0 Å². The Kier molecular flexibility index (Phi) is 5.67. The Bertz CT molecular complexity index is 1130. The molecule has 2 aliphatic rings. The summed E-state index contributed by atoms with van der Waals surface area (Å²) in [6.07, 6.45) is 13.4. The second kappa shape index (κ2) is 8.16. The Morgan fingerprint density at radius 2 is 1.47 bits per heavy atom. The van der Waals surface area contributed by atoms with Gasteiger partial charge in [-0.3, -0.25) is 0 Å². The third-order valence-corrected chi connectivity index (χ3v) is 7.34. The minimum atomic E-state index is 0.0147. The minimum Gasteiger partial charge on any atom is -0.367 e. The molecule has 1 atom stereocenters. The zero-order valence-corrected chi connectivity index (χ0v) is 20.6. The summed E-state index contributed by atoms with van der Waals surface area (Å²) in [5, 5.41) is 0. The molecule has 2 aliphatic heterocycles. The van der Waals surface area contributed by atoms with Crippen molar-refractivity contribution in [2.24, 2.45) is 0 Å². The van der Waals surface area contributed by atoms with E-state index in [1.54, 1.807) is 0 Å². The van der Waals surface area contributed by atoms with Gasteiger partial charge in [-0.25, -0.2) is 0 Å². The fraction of sp³-hybridized carbons (Fsp3) is 0.333. The van der Waals surface area contributed by atoms with Crippen LogP contribution in [0.4, 0.5) is 11.4 Å². The van der Waals surface area contributed by atoms with Gasteiger partial charge in [-0.1, -0.05) is 100 Å². The van der Waals surface area contributed by atoms with Crippen LogP contribution in [0.15, 0.2) is 96.3 Å². The van der Waals surface area contributed by atoms with Gasteiger partial charge in [0.2, 0.25) is 0 Å². The van der Waals surface area contributed by atoms with Crippen molar-refractivity contribution in [3.8, 4) is 0 Å². The second-order valence-corrected chi connectivity index (χ2v) is 10.2. The van der Waals surface area contributed by atoms with E-state index in [0.717, 1.165) is 0 Å². The van der Waals surface area contributed by atoms with Gasteiger partial charge >= 0.3 is 0 Å². The van der Waals surface area contributed by atoms with E-state index in [1.807, 2.05) is 0 Å². The predicted octanol–water partition coefficient (Wildman–Crippen LogP) is 7.15. The largest absolute Gasteiger partial charge is 0.367 e. The summed E-state index contributed by atoms with van der Waals surface area (Å²) in [6.45, 7) is 11.4. The Hall–Kier alpha value is -3.00. The molecule has 0 spiro atoms. The molecule has 0 amide bonds. The van der Waals surface area contributed by atoms with Crippen molar-refractivity contribution in [3.63, 3.8) is 0 Å². The number of nitrogens with zero attached hydrogens (tertiary/aromatic N) is 2. The molecule has 2 nitrogen and oxygen atoms in total. The summed E-state index contributed by atoms with van der Waals surface area (Å²) in [4.78, 5) is 4.71. The maximum atomic E-state index is 2.39. The van der Waals surface area contributed by atoms with Gasteiger partial charge in [0, 0.05) is 42.0 Å². The van der Waals surface area contributed by atoms with Gasteiger partial charge in [0.25, 0.3) is 0 Å². The number of fused-ring (bicyclic) bond motifs is 2. The summed E-state index contributed by atoms with van der Waals surface area (Å²) < 4.78 is 0. The maximum Gasteiger partial charge on any atom is 0.0565 e. The molecule has 1 unspecified atom stereocenters. The lowest BCUT2D eigenvalue weighted by atomic mass is 9.80. The highest BCUT2D eigenvalue weighted by atomic mass is 15.2. The van der Waals surface area contributed by atoms with Crippen LogP contribution < -0.4 is 9.80 Å². The van der Waals surface area contributed by atoms with Crippen LogP contribution in [0.2, 0.25) is 0 Å². The number of anilines is 2. The molecule has 0 saturated heterocycles. The van der Waals surface area contributed by atoms with Crippen molar-refractivity contribution < 1.29 is 0 Å². The third kappa shape index (κ3) is 3.62. The summed E-state index contributed by atoms with van der Waals surface area (Å²) in [5.74, 6) is 0. The van der Waals surface area contributed by atoms with Crippen molar-refractivity contribution in [2.75, 3.05) is 23.9 Å². The van der Waals surface area contributed by atoms with Crippen LogP contribution in [-0.4, -0.2) is 20.1 Å². The van der Waals surface area contributed by atoms with Crippen molar-refractivity contribution in [2.45, 2.75) is 51.5 Å². The van der Waals surface area contributed by atoms with Crippen molar-refractivity contribution in [1.29, 1.82) is 0 Å². The molecule has 166 valence electrons. The molecule has 2 aromatic carbocycles. The van der Waals surface area contributed by atoms with Crippen LogP contribution in [0.1, 0.15) is 45.7 Å².